The van der Waals surface area contributed by atoms with Crippen molar-refractivity contribution in [3.05, 3.63) is 66.2 Å². The Morgan fingerprint density at radius 3 is 2.46 bits per heavy atom. The van der Waals surface area contributed by atoms with Gasteiger partial charge in [-0.15, -0.1) is 6.58 Å². The lowest BCUT2D eigenvalue weighted by Gasteiger charge is -2.38. The first-order valence-electron chi connectivity index (χ1n) is 12.1. The summed E-state index contributed by atoms with van der Waals surface area (Å²) >= 11 is 0. The van der Waals surface area contributed by atoms with E-state index < -0.39 is 5.60 Å². The highest BCUT2D eigenvalue weighted by molar-refractivity contribution is 5.94. The molecule has 1 unspecified atom stereocenters. The van der Waals surface area contributed by atoms with Gasteiger partial charge in [-0.25, -0.2) is 4.79 Å². The normalized spacial score (nSPS) is 18.3. The number of hydrogen-bond donors (Lipinski definition) is 1. The lowest BCUT2D eigenvalue weighted by Crippen LogP contribution is -2.45. The molecule has 1 saturated heterocycles. The molecular formula is C28H34N2O5. The van der Waals surface area contributed by atoms with E-state index in [1.807, 2.05) is 57.2 Å². The van der Waals surface area contributed by atoms with Crippen molar-refractivity contribution >= 4 is 12.0 Å². The number of rotatable bonds is 5. The van der Waals surface area contributed by atoms with Crippen LogP contribution in [0.1, 0.15) is 49.5 Å². The summed E-state index contributed by atoms with van der Waals surface area (Å²) in [6.45, 7) is 11.4. The highest BCUT2D eigenvalue weighted by Gasteiger charge is 2.34. The molecule has 0 radical (unpaired) electrons. The van der Waals surface area contributed by atoms with Gasteiger partial charge in [0.05, 0.1) is 6.61 Å². The summed E-state index contributed by atoms with van der Waals surface area (Å²) in [7, 11) is 0. The molecule has 1 atom stereocenters. The number of piperidine rings is 1. The molecule has 2 aliphatic rings. The van der Waals surface area contributed by atoms with Crippen LogP contribution in [0.2, 0.25) is 0 Å². The zero-order valence-electron chi connectivity index (χ0n) is 20.7. The minimum Gasteiger partial charge on any atom is -0.464 e. The molecule has 0 spiro atoms. The van der Waals surface area contributed by atoms with Crippen molar-refractivity contribution < 1.29 is 23.8 Å². The molecule has 0 saturated carbocycles. The summed E-state index contributed by atoms with van der Waals surface area (Å²) in [6.07, 6.45) is 2.70. The third-order valence-corrected chi connectivity index (χ3v) is 6.17. The third-order valence-electron chi connectivity index (χ3n) is 6.17. The van der Waals surface area contributed by atoms with Crippen molar-refractivity contribution in [1.29, 1.82) is 0 Å². The van der Waals surface area contributed by atoms with Gasteiger partial charge in [-0.3, -0.25) is 4.79 Å². The van der Waals surface area contributed by atoms with E-state index in [0.29, 0.717) is 31.8 Å². The maximum atomic E-state index is 12.3. The van der Waals surface area contributed by atoms with Crippen LogP contribution in [0.3, 0.4) is 0 Å². The van der Waals surface area contributed by atoms with Crippen LogP contribution in [-0.2, 0) is 16.1 Å². The number of benzene rings is 2. The van der Waals surface area contributed by atoms with Gasteiger partial charge in [0.1, 0.15) is 11.4 Å². The summed E-state index contributed by atoms with van der Waals surface area (Å²) in [5.41, 5.74) is 3.18. The molecule has 2 heterocycles. The monoisotopic (exact) mass is 478 g/mol. The van der Waals surface area contributed by atoms with Crippen LogP contribution in [0.5, 0.6) is 5.75 Å². The minimum atomic E-state index is -0.492. The number of carbonyl (C=O) groups excluding carboxylic acids is 2. The van der Waals surface area contributed by atoms with Crippen molar-refractivity contribution in [3.8, 4) is 16.9 Å². The Balaban J connectivity index is 1.34. The molecule has 2 amide bonds. The summed E-state index contributed by atoms with van der Waals surface area (Å²) in [5.74, 6) is 0.938. The first-order valence-corrected chi connectivity index (χ1v) is 12.1. The molecule has 1 N–H and O–H groups in total. The second kappa shape index (κ2) is 10.5. The van der Waals surface area contributed by atoms with Gasteiger partial charge >= 0.3 is 6.09 Å². The van der Waals surface area contributed by atoms with Gasteiger partial charge < -0.3 is 24.4 Å². The number of hydrogen-bond acceptors (Lipinski definition) is 5. The van der Waals surface area contributed by atoms with Gasteiger partial charge in [-0.1, -0.05) is 24.3 Å². The number of nitrogens with zero attached hydrogens (tertiary/aromatic N) is 1. The fourth-order valence-corrected chi connectivity index (χ4v) is 4.31. The first kappa shape index (κ1) is 24.8. The van der Waals surface area contributed by atoms with Gasteiger partial charge in [-0.2, -0.15) is 0 Å². The van der Waals surface area contributed by atoms with Crippen molar-refractivity contribution in [2.45, 2.75) is 52.1 Å². The average Bonchev–Trinajstić information content (AvgIpc) is 2.86. The number of likely N-dealkylation sites (tertiary alicyclic amines) is 1. The molecular weight excluding hydrogens is 444 g/mol. The molecule has 35 heavy (non-hydrogen) atoms. The fourth-order valence-electron chi connectivity index (χ4n) is 4.31. The van der Waals surface area contributed by atoms with Crippen LogP contribution in [-0.4, -0.2) is 48.4 Å². The number of ether oxygens (including phenoxy) is 3. The van der Waals surface area contributed by atoms with Crippen LogP contribution < -0.4 is 10.1 Å². The Kier molecular flexibility index (Phi) is 7.45. The lowest BCUT2D eigenvalue weighted by molar-refractivity contribution is -0.149. The number of fused-ring (bicyclic) bond motifs is 1. The van der Waals surface area contributed by atoms with E-state index in [1.54, 1.807) is 11.0 Å². The average molecular weight is 479 g/mol. The van der Waals surface area contributed by atoms with Gasteiger partial charge in [-0.05, 0) is 69.0 Å². The topological polar surface area (TPSA) is 77.1 Å². The van der Waals surface area contributed by atoms with E-state index in [0.717, 1.165) is 35.3 Å². The Hall–Kier alpha value is -3.32. The predicted molar refractivity (Wildman–Crippen MR) is 134 cm³/mol. The van der Waals surface area contributed by atoms with Crippen LogP contribution >= 0.6 is 0 Å². The second-order valence-electron chi connectivity index (χ2n) is 10.0. The molecule has 0 aliphatic carbocycles. The van der Waals surface area contributed by atoms with E-state index in [2.05, 4.69) is 18.0 Å². The smallest absolute Gasteiger partial charge is 0.410 e. The molecule has 2 aromatic carbocycles. The molecule has 7 nitrogen and oxygen atoms in total. The molecule has 1 fully saturated rings. The number of amides is 2. The molecule has 186 valence electrons. The Bertz CT molecular complexity index is 1070. The first-order chi connectivity index (χ1) is 16.7. The molecule has 4 rings (SSSR count). The minimum absolute atomic E-state index is 0.119. The number of nitrogens with one attached hydrogen (secondary N) is 1. The standard InChI is InChI=1S/C28H34N2O5/c1-5-14-29-25(31)20-8-6-19(7-9-20)22-10-11-24-23(17-22)18-33-26(34-24)21-12-15-30(16-13-21)27(32)35-28(2,3)4/h5-11,17,21,26H,1,12-16,18H2,2-4H3,(H,29,31). The molecule has 7 heteroatoms. The summed E-state index contributed by atoms with van der Waals surface area (Å²) in [6, 6.07) is 13.6. The highest BCUT2D eigenvalue weighted by Crippen LogP contribution is 2.35. The van der Waals surface area contributed by atoms with E-state index in [9.17, 15) is 9.59 Å². The van der Waals surface area contributed by atoms with E-state index in [1.165, 1.54) is 0 Å². The van der Waals surface area contributed by atoms with Gasteiger partial charge in [0, 0.05) is 36.7 Å². The van der Waals surface area contributed by atoms with E-state index in [-0.39, 0.29) is 24.2 Å². The maximum Gasteiger partial charge on any atom is 0.410 e. The van der Waals surface area contributed by atoms with Crippen LogP contribution in [0.25, 0.3) is 11.1 Å². The fraction of sp³-hybridized carbons (Fsp3) is 0.429. The Labute approximate surface area is 207 Å². The summed E-state index contributed by atoms with van der Waals surface area (Å²) in [4.78, 5) is 26.2. The predicted octanol–water partition coefficient (Wildman–Crippen LogP) is 5.15. The number of carbonyl (C=O) groups is 2. The molecule has 2 aromatic rings. The van der Waals surface area contributed by atoms with Crippen LogP contribution in [0.4, 0.5) is 4.79 Å². The summed E-state index contributed by atoms with van der Waals surface area (Å²) in [5, 5.41) is 2.78. The van der Waals surface area contributed by atoms with Crippen molar-refractivity contribution in [2.24, 2.45) is 5.92 Å². The SMILES string of the molecule is C=CCNC(=O)c1ccc(-c2ccc3c(c2)COC(C2CCN(C(=O)OC(C)(C)C)CC2)O3)cc1. The Morgan fingerprint density at radius 1 is 1.11 bits per heavy atom. The van der Waals surface area contributed by atoms with Crippen molar-refractivity contribution in [3.63, 3.8) is 0 Å². The van der Waals surface area contributed by atoms with E-state index >= 15 is 0 Å². The van der Waals surface area contributed by atoms with Gasteiger partial charge in [0.2, 0.25) is 6.29 Å². The maximum absolute atomic E-state index is 12.3. The molecule has 0 bridgehead atoms. The molecule has 2 aliphatic heterocycles. The van der Waals surface area contributed by atoms with Gasteiger partial charge in [0.25, 0.3) is 5.91 Å². The Morgan fingerprint density at radius 2 is 1.80 bits per heavy atom. The molecule has 0 aromatic heterocycles. The zero-order chi connectivity index (χ0) is 25.0. The zero-order valence-corrected chi connectivity index (χ0v) is 20.7. The second-order valence-corrected chi connectivity index (χ2v) is 10.0. The van der Waals surface area contributed by atoms with Gasteiger partial charge in [0.15, 0.2) is 0 Å². The van der Waals surface area contributed by atoms with E-state index in [4.69, 9.17) is 14.2 Å². The van der Waals surface area contributed by atoms with Crippen molar-refractivity contribution in [2.75, 3.05) is 19.6 Å². The third kappa shape index (κ3) is 6.22. The quantitative estimate of drug-likeness (QED) is 0.602. The van der Waals surface area contributed by atoms with Crippen LogP contribution in [0.15, 0.2) is 55.1 Å². The highest BCUT2D eigenvalue weighted by atomic mass is 16.7. The van der Waals surface area contributed by atoms with Crippen molar-refractivity contribution in [1.82, 2.24) is 10.2 Å². The largest absolute Gasteiger partial charge is 0.464 e. The summed E-state index contributed by atoms with van der Waals surface area (Å²) < 4.78 is 17.8. The lowest BCUT2D eigenvalue weighted by atomic mass is 9.95. The van der Waals surface area contributed by atoms with Crippen LogP contribution in [0, 0.1) is 5.92 Å².